The first-order valence-electron chi connectivity index (χ1n) is 9.75. The zero-order valence-electron chi connectivity index (χ0n) is 17.2. The van der Waals surface area contributed by atoms with Crippen LogP contribution in [0.5, 0.6) is 0 Å². The third-order valence-electron chi connectivity index (χ3n) is 4.71. The molecule has 0 unspecified atom stereocenters. The lowest BCUT2D eigenvalue weighted by molar-refractivity contribution is 0.0520. The minimum absolute atomic E-state index is 0.00236. The largest absolute Gasteiger partial charge is 0.461 e. The lowest BCUT2D eigenvalue weighted by Gasteiger charge is -2.10. The molecule has 0 aliphatic carbocycles. The van der Waals surface area contributed by atoms with Crippen LogP contribution in [0, 0.1) is 6.92 Å². The van der Waals surface area contributed by atoms with Crippen LogP contribution in [-0.4, -0.2) is 28.3 Å². The van der Waals surface area contributed by atoms with Crippen LogP contribution in [0.15, 0.2) is 58.7 Å². The van der Waals surface area contributed by atoms with Crippen LogP contribution in [0.4, 0.5) is 5.00 Å². The number of esters is 1. The average molecular weight is 468 g/mol. The first-order valence-corrected chi connectivity index (χ1v) is 11.0. The molecule has 0 saturated heterocycles. The Kier molecular flexibility index (Phi) is 6.07. The maximum atomic E-state index is 13.4. The van der Waals surface area contributed by atoms with Crippen LogP contribution in [0.1, 0.15) is 33.3 Å². The van der Waals surface area contributed by atoms with Crippen molar-refractivity contribution in [1.29, 1.82) is 0 Å². The number of hydrogen-bond donors (Lipinski definition) is 1. The normalized spacial score (nSPS) is 10.8. The van der Waals surface area contributed by atoms with Gasteiger partial charge < -0.3 is 10.1 Å². The van der Waals surface area contributed by atoms with E-state index in [-0.39, 0.29) is 28.3 Å². The zero-order chi connectivity index (χ0) is 22.8. The van der Waals surface area contributed by atoms with E-state index < -0.39 is 17.4 Å². The molecule has 1 N–H and O–H groups in total. The number of nitrogens with zero attached hydrogens (tertiary/aromatic N) is 2. The number of thiophene rings is 1. The van der Waals surface area contributed by atoms with E-state index in [9.17, 15) is 14.4 Å². The molecule has 4 rings (SSSR count). The smallest absolute Gasteiger partial charge is 0.359 e. The topological polar surface area (TPSA) is 90.3 Å². The standard InChI is InChI=1S/C23H18ClN3O4S/c1-3-31-23(30)19-16-12-32-21(25-20(28)15-9-4-5-10-17(15)24)18(16)22(29)27(26-19)14-8-6-7-13(2)11-14/h4-12H,3H2,1-2H3,(H,25,28). The molecule has 0 spiro atoms. The van der Waals surface area contributed by atoms with Gasteiger partial charge in [-0.3, -0.25) is 9.59 Å². The molecule has 0 aliphatic heterocycles. The van der Waals surface area contributed by atoms with Crippen molar-refractivity contribution >= 4 is 50.6 Å². The molecule has 0 fully saturated rings. The van der Waals surface area contributed by atoms with Gasteiger partial charge in [0.25, 0.3) is 11.5 Å². The second-order valence-electron chi connectivity index (χ2n) is 6.91. The number of amides is 1. The van der Waals surface area contributed by atoms with Gasteiger partial charge in [-0.1, -0.05) is 35.9 Å². The number of anilines is 1. The third kappa shape index (κ3) is 4.02. The van der Waals surface area contributed by atoms with E-state index >= 15 is 0 Å². The summed E-state index contributed by atoms with van der Waals surface area (Å²) in [6, 6.07) is 13.8. The molecule has 7 nitrogen and oxygen atoms in total. The van der Waals surface area contributed by atoms with Crippen molar-refractivity contribution in [2.75, 3.05) is 11.9 Å². The molecule has 0 bridgehead atoms. The number of ether oxygens (including phenoxy) is 1. The summed E-state index contributed by atoms with van der Waals surface area (Å²) in [5.74, 6) is -1.11. The number of aryl methyl sites for hydroxylation is 1. The quantitative estimate of drug-likeness (QED) is 0.424. The summed E-state index contributed by atoms with van der Waals surface area (Å²) in [4.78, 5) is 38.8. The van der Waals surface area contributed by atoms with E-state index in [0.29, 0.717) is 16.1 Å². The number of benzene rings is 2. The van der Waals surface area contributed by atoms with Crippen molar-refractivity contribution in [1.82, 2.24) is 9.78 Å². The zero-order valence-corrected chi connectivity index (χ0v) is 18.8. The fraction of sp³-hybridized carbons (Fsp3) is 0.130. The molecule has 1 amide bonds. The Bertz CT molecular complexity index is 1410. The van der Waals surface area contributed by atoms with Gasteiger partial charge in [0.1, 0.15) is 5.00 Å². The molecule has 0 saturated carbocycles. The average Bonchev–Trinajstić information content (AvgIpc) is 3.18. The van der Waals surface area contributed by atoms with E-state index in [4.69, 9.17) is 16.3 Å². The highest BCUT2D eigenvalue weighted by molar-refractivity contribution is 7.16. The Morgan fingerprint density at radius 2 is 1.97 bits per heavy atom. The second kappa shape index (κ2) is 8.94. The molecule has 2 aromatic carbocycles. The lowest BCUT2D eigenvalue weighted by Crippen LogP contribution is -2.25. The van der Waals surface area contributed by atoms with Crippen molar-refractivity contribution in [2.24, 2.45) is 0 Å². The Balaban J connectivity index is 1.91. The van der Waals surface area contributed by atoms with Gasteiger partial charge in [0, 0.05) is 10.8 Å². The Morgan fingerprint density at radius 3 is 2.69 bits per heavy atom. The molecule has 9 heteroatoms. The fourth-order valence-electron chi connectivity index (χ4n) is 3.24. The number of rotatable bonds is 5. The summed E-state index contributed by atoms with van der Waals surface area (Å²) in [5, 5.41) is 9.74. The molecule has 0 atom stereocenters. The van der Waals surface area contributed by atoms with Crippen LogP contribution in [0.25, 0.3) is 16.5 Å². The minimum Gasteiger partial charge on any atom is -0.461 e. The summed E-state index contributed by atoms with van der Waals surface area (Å²) in [6.07, 6.45) is 0. The monoisotopic (exact) mass is 467 g/mol. The van der Waals surface area contributed by atoms with Crippen LogP contribution in [0.3, 0.4) is 0 Å². The van der Waals surface area contributed by atoms with E-state index in [1.165, 1.54) is 0 Å². The van der Waals surface area contributed by atoms with Crippen LogP contribution in [0.2, 0.25) is 5.02 Å². The van der Waals surface area contributed by atoms with Gasteiger partial charge in [0.05, 0.1) is 28.3 Å². The molecule has 2 aromatic heterocycles. The van der Waals surface area contributed by atoms with Crippen molar-refractivity contribution in [2.45, 2.75) is 13.8 Å². The maximum Gasteiger partial charge on any atom is 0.359 e. The van der Waals surface area contributed by atoms with Gasteiger partial charge in [0.2, 0.25) is 0 Å². The van der Waals surface area contributed by atoms with Crippen LogP contribution >= 0.6 is 22.9 Å². The number of carbonyl (C=O) groups excluding carboxylic acids is 2. The summed E-state index contributed by atoms with van der Waals surface area (Å²) in [6.45, 7) is 3.74. The minimum atomic E-state index is -0.652. The molecule has 4 aromatic rings. The van der Waals surface area contributed by atoms with Gasteiger partial charge in [-0.15, -0.1) is 11.3 Å². The third-order valence-corrected chi connectivity index (χ3v) is 5.94. The molecule has 32 heavy (non-hydrogen) atoms. The predicted molar refractivity (Wildman–Crippen MR) is 125 cm³/mol. The number of halogens is 1. The van der Waals surface area contributed by atoms with Gasteiger partial charge in [-0.2, -0.15) is 9.78 Å². The van der Waals surface area contributed by atoms with Gasteiger partial charge in [-0.05, 0) is 43.7 Å². The van der Waals surface area contributed by atoms with E-state index in [1.54, 1.807) is 54.8 Å². The number of carbonyl (C=O) groups is 2. The molecular formula is C23H18ClN3O4S. The maximum absolute atomic E-state index is 13.4. The number of hydrogen-bond acceptors (Lipinski definition) is 6. The number of aromatic nitrogens is 2. The van der Waals surface area contributed by atoms with Crippen molar-refractivity contribution < 1.29 is 14.3 Å². The molecule has 162 valence electrons. The molecule has 2 heterocycles. The Morgan fingerprint density at radius 1 is 1.19 bits per heavy atom. The number of fused-ring (bicyclic) bond motifs is 1. The van der Waals surface area contributed by atoms with Gasteiger partial charge >= 0.3 is 5.97 Å². The van der Waals surface area contributed by atoms with Crippen molar-refractivity contribution in [3.8, 4) is 5.69 Å². The lowest BCUT2D eigenvalue weighted by atomic mass is 10.2. The predicted octanol–water partition coefficient (Wildman–Crippen LogP) is 4.84. The van der Waals surface area contributed by atoms with E-state index in [0.717, 1.165) is 21.6 Å². The first-order chi connectivity index (χ1) is 15.4. The van der Waals surface area contributed by atoms with E-state index in [2.05, 4.69) is 10.4 Å². The first kappa shape index (κ1) is 21.7. The second-order valence-corrected chi connectivity index (χ2v) is 8.20. The molecule has 0 aliphatic rings. The summed E-state index contributed by atoms with van der Waals surface area (Å²) in [5.41, 5.74) is 1.23. The summed E-state index contributed by atoms with van der Waals surface area (Å²) < 4.78 is 6.30. The van der Waals surface area contributed by atoms with E-state index in [1.807, 2.05) is 13.0 Å². The fourth-order valence-corrected chi connectivity index (χ4v) is 4.40. The molecular weight excluding hydrogens is 450 g/mol. The van der Waals surface area contributed by atoms with Gasteiger partial charge in [0.15, 0.2) is 5.69 Å². The Labute approximate surface area is 192 Å². The van der Waals surface area contributed by atoms with Crippen LogP contribution in [-0.2, 0) is 4.74 Å². The van der Waals surface area contributed by atoms with Crippen LogP contribution < -0.4 is 10.9 Å². The highest BCUT2D eigenvalue weighted by Gasteiger charge is 2.23. The molecule has 0 radical (unpaired) electrons. The Hall–Kier alpha value is -3.49. The van der Waals surface area contributed by atoms with Gasteiger partial charge in [-0.25, -0.2) is 4.79 Å². The number of nitrogens with one attached hydrogen (secondary N) is 1. The summed E-state index contributed by atoms with van der Waals surface area (Å²) in [7, 11) is 0. The highest BCUT2D eigenvalue weighted by Crippen LogP contribution is 2.31. The highest BCUT2D eigenvalue weighted by atomic mass is 35.5. The summed E-state index contributed by atoms with van der Waals surface area (Å²) >= 11 is 7.26. The van der Waals surface area contributed by atoms with Crippen molar-refractivity contribution in [3.05, 3.63) is 86.1 Å². The van der Waals surface area contributed by atoms with Crippen molar-refractivity contribution in [3.63, 3.8) is 0 Å². The SMILES string of the molecule is CCOC(=O)c1nn(-c2cccc(C)c2)c(=O)c2c(NC(=O)c3ccccc3Cl)scc12.